The molecule has 2 heterocycles. The van der Waals surface area contributed by atoms with E-state index in [1.165, 1.54) is 12.8 Å². The van der Waals surface area contributed by atoms with E-state index in [-0.39, 0.29) is 4.90 Å². The Kier molecular flexibility index (Phi) is 4.65. The van der Waals surface area contributed by atoms with Crippen LogP contribution in [0.15, 0.2) is 47.4 Å². The highest BCUT2D eigenvalue weighted by Crippen LogP contribution is 2.23. The molecule has 0 radical (unpaired) electrons. The van der Waals surface area contributed by atoms with Gasteiger partial charge in [-0.05, 0) is 63.2 Å². The average molecular weight is 385 g/mol. The quantitative estimate of drug-likeness (QED) is 0.733. The van der Waals surface area contributed by atoms with Gasteiger partial charge in [-0.25, -0.2) is 13.4 Å². The van der Waals surface area contributed by atoms with Crippen molar-refractivity contribution in [2.24, 2.45) is 7.05 Å². The zero-order chi connectivity index (χ0) is 19.0. The Morgan fingerprint density at radius 3 is 2.48 bits per heavy atom. The number of fused-ring (bicyclic) bond motifs is 1. The van der Waals surface area contributed by atoms with Crippen LogP contribution in [0.25, 0.3) is 11.0 Å². The van der Waals surface area contributed by atoms with Gasteiger partial charge in [0, 0.05) is 7.05 Å². The lowest BCUT2D eigenvalue weighted by Gasteiger charge is -2.13. The summed E-state index contributed by atoms with van der Waals surface area (Å²) in [6.07, 6.45) is 2.49. The van der Waals surface area contributed by atoms with Crippen LogP contribution < -0.4 is 4.72 Å². The van der Waals surface area contributed by atoms with Gasteiger partial charge in [-0.1, -0.05) is 17.7 Å². The minimum atomic E-state index is -3.61. The largest absolute Gasteiger partial charge is 0.330 e. The van der Waals surface area contributed by atoms with Gasteiger partial charge in [-0.15, -0.1) is 0 Å². The number of benzene rings is 2. The molecule has 0 spiro atoms. The maximum absolute atomic E-state index is 12.6. The summed E-state index contributed by atoms with van der Waals surface area (Å²) < 4.78 is 30.0. The minimum absolute atomic E-state index is 0.254. The van der Waals surface area contributed by atoms with Gasteiger partial charge < -0.3 is 4.57 Å². The Bertz CT molecular complexity index is 1070. The van der Waals surface area contributed by atoms with E-state index in [2.05, 4.69) is 14.2 Å². The third-order valence-electron chi connectivity index (χ3n) is 5.12. The second-order valence-electron chi connectivity index (χ2n) is 7.19. The van der Waals surface area contributed by atoms with Gasteiger partial charge in [0.2, 0.25) is 0 Å². The first kappa shape index (κ1) is 18.0. The van der Waals surface area contributed by atoms with Gasteiger partial charge in [0.1, 0.15) is 5.82 Å². The second-order valence-corrected chi connectivity index (χ2v) is 8.87. The number of hydrogen-bond donors (Lipinski definition) is 1. The first-order valence-corrected chi connectivity index (χ1v) is 10.7. The molecule has 0 aliphatic carbocycles. The fraction of sp³-hybridized carbons (Fsp3) is 0.350. The molecule has 1 aliphatic heterocycles. The standard InChI is InChI=1S/C20H24N4O2S/c1-15-5-8-17(9-6-15)27(25,26)22-16-7-10-19-18(13-16)21-20(23(19)2)14-24-11-3-4-12-24/h5-10,13,22H,3-4,11-12,14H2,1-2H3. The molecule has 142 valence electrons. The number of anilines is 1. The first-order chi connectivity index (χ1) is 12.9. The summed E-state index contributed by atoms with van der Waals surface area (Å²) >= 11 is 0. The van der Waals surface area contributed by atoms with E-state index in [0.29, 0.717) is 5.69 Å². The second kappa shape index (κ2) is 6.98. The van der Waals surface area contributed by atoms with Crippen molar-refractivity contribution in [3.63, 3.8) is 0 Å². The third kappa shape index (κ3) is 3.70. The molecule has 2 aromatic carbocycles. The predicted octanol–water partition coefficient (Wildman–Crippen LogP) is 3.28. The molecule has 0 bridgehead atoms. The molecule has 1 fully saturated rings. The number of likely N-dealkylation sites (tertiary alicyclic amines) is 1. The molecule has 4 rings (SSSR count). The molecular weight excluding hydrogens is 360 g/mol. The van der Waals surface area contributed by atoms with Crippen LogP contribution in [0, 0.1) is 6.92 Å². The number of nitrogens with one attached hydrogen (secondary N) is 1. The molecule has 7 heteroatoms. The van der Waals surface area contributed by atoms with Crippen molar-refractivity contribution in [3.05, 3.63) is 53.9 Å². The molecule has 1 aromatic heterocycles. The molecule has 1 saturated heterocycles. The van der Waals surface area contributed by atoms with Crippen LogP contribution >= 0.6 is 0 Å². The number of rotatable bonds is 5. The topological polar surface area (TPSA) is 67.2 Å². The molecule has 0 atom stereocenters. The number of nitrogens with zero attached hydrogens (tertiary/aromatic N) is 3. The maximum atomic E-state index is 12.6. The van der Waals surface area contributed by atoms with Gasteiger partial charge >= 0.3 is 0 Å². The van der Waals surface area contributed by atoms with Crippen LogP contribution in [-0.4, -0.2) is 36.0 Å². The summed E-state index contributed by atoms with van der Waals surface area (Å²) in [6.45, 7) is 4.99. The highest BCUT2D eigenvalue weighted by Gasteiger charge is 2.17. The molecule has 0 saturated carbocycles. The molecule has 3 aromatic rings. The smallest absolute Gasteiger partial charge is 0.261 e. The summed E-state index contributed by atoms with van der Waals surface area (Å²) in [6, 6.07) is 12.3. The van der Waals surface area contributed by atoms with E-state index in [4.69, 9.17) is 4.98 Å². The van der Waals surface area contributed by atoms with E-state index in [1.807, 2.05) is 20.0 Å². The van der Waals surface area contributed by atoms with E-state index >= 15 is 0 Å². The maximum Gasteiger partial charge on any atom is 0.261 e. The average Bonchev–Trinajstić information content (AvgIpc) is 3.24. The van der Waals surface area contributed by atoms with E-state index in [0.717, 1.165) is 42.1 Å². The van der Waals surface area contributed by atoms with E-state index < -0.39 is 10.0 Å². The number of imidazole rings is 1. The molecule has 1 N–H and O–H groups in total. The van der Waals surface area contributed by atoms with Gasteiger partial charge in [-0.2, -0.15) is 0 Å². The zero-order valence-corrected chi connectivity index (χ0v) is 16.5. The monoisotopic (exact) mass is 384 g/mol. The molecule has 1 aliphatic rings. The normalized spacial score (nSPS) is 15.5. The minimum Gasteiger partial charge on any atom is -0.330 e. The Morgan fingerprint density at radius 1 is 1.07 bits per heavy atom. The fourth-order valence-electron chi connectivity index (χ4n) is 3.53. The Labute approximate surface area is 159 Å². The number of aryl methyl sites for hydroxylation is 2. The van der Waals surface area contributed by atoms with Gasteiger partial charge in [0.15, 0.2) is 0 Å². The molecule has 0 unspecified atom stereocenters. The van der Waals surface area contributed by atoms with Crippen molar-refractivity contribution in [1.29, 1.82) is 0 Å². The first-order valence-electron chi connectivity index (χ1n) is 9.19. The SMILES string of the molecule is Cc1ccc(S(=O)(=O)Nc2ccc3c(c2)nc(CN2CCCC2)n3C)cc1. The van der Waals surface area contributed by atoms with Crippen molar-refractivity contribution in [1.82, 2.24) is 14.5 Å². The molecule has 6 nitrogen and oxygen atoms in total. The lowest BCUT2D eigenvalue weighted by molar-refractivity contribution is 0.319. The highest BCUT2D eigenvalue weighted by molar-refractivity contribution is 7.92. The van der Waals surface area contributed by atoms with Crippen molar-refractivity contribution in [2.75, 3.05) is 17.8 Å². The van der Waals surface area contributed by atoms with Gasteiger partial charge in [-0.3, -0.25) is 9.62 Å². The van der Waals surface area contributed by atoms with Crippen LogP contribution in [0.1, 0.15) is 24.2 Å². The highest BCUT2D eigenvalue weighted by atomic mass is 32.2. The van der Waals surface area contributed by atoms with Gasteiger partial charge in [0.05, 0.1) is 28.2 Å². The number of hydrogen-bond acceptors (Lipinski definition) is 4. The van der Waals surface area contributed by atoms with Crippen molar-refractivity contribution in [3.8, 4) is 0 Å². The predicted molar refractivity (Wildman–Crippen MR) is 107 cm³/mol. The van der Waals surface area contributed by atoms with Crippen molar-refractivity contribution < 1.29 is 8.42 Å². The lowest BCUT2D eigenvalue weighted by Crippen LogP contribution is -2.20. The van der Waals surface area contributed by atoms with Crippen LogP contribution in [-0.2, 0) is 23.6 Å². The molecule has 27 heavy (non-hydrogen) atoms. The van der Waals surface area contributed by atoms with Crippen LogP contribution in [0.3, 0.4) is 0 Å². The third-order valence-corrected chi connectivity index (χ3v) is 6.52. The lowest BCUT2D eigenvalue weighted by atomic mass is 10.2. The fourth-order valence-corrected chi connectivity index (χ4v) is 4.58. The van der Waals surface area contributed by atoms with Crippen LogP contribution in [0.4, 0.5) is 5.69 Å². The Morgan fingerprint density at radius 2 is 1.78 bits per heavy atom. The van der Waals surface area contributed by atoms with E-state index in [9.17, 15) is 8.42 Å². The Balaban J connectivity index is 1.60. The summed E-state index contributed by atoms with van der Waals surface area (Å²) in [7, 11) is -1.60. The van der Waals surface area contributed by atoms with Crippen molar-refractivity contribution in [2.45, 2.75) is 31.2 Å². The Hall–Kier alpha value is -2.38. The zero-order valence-electron chi connectivity index (χ0n) is 15.6. The summed E-state index contributed by atoms with van der Waals surface area (Å²) in [5.74, 6) is 1.01. The summed E-state index contributed by atoms with van der Waals surface area (Å²) in [5, 5.41) is 0. The molecular formula is C20H24N4O2S. The van der Waals surface area contributed by atoms with Gasteiger partial charge in [0.25, 0.3) is 10.0 Å². The molecule has 0 amide bonds. The van der Waals surface area contributed by atoms with Crippen LogP contribution in [0.5, 0.6) is 0 Å². The summed E-state index contributed by atoms with van der Waals surface area (Å²) in [4.78, 5) is 7.40. The van der Waals surface area contributed by atoms with Crippen LogP contribution in [0.2, 0.25) is 0 Å². The summed E-state index contributed by atoms with van der Waals surface area (Å²) in [5.41, 5.74) is 3.35. The number of aromatic nitrogens is 2. The van der Waals surface area contributed by atoms with Crippen molar-refractivity contribution >= 4 is 26.7 Å². The number of sulfonamides is 1. The van der Waals surface area contributed by atoms with E-state index in [1.54, 1.807) is 36.4 Å².